The van der Waals surface area contributed by atoms with E-state index in [2.05, 4.69) is 0 Å². The van der Waals surface area contributed by atoms with Gasteiger partial charge in [-0.1, -0.05) is 54.6 Å². The molecule has 112 valence electrons. The maximum atomic E-state index is 12.4. The van der Waals surface area contributed by atoms with E-state index < -0.39 is 0 Å². The molecular weight excluding hydrogens is 274 g/mol. The summed E-state index contributed by atoms with van der Waals surface area (Å²) in [4.78, 5) is 18.2. The van der Waals surface area contributed by atoms with Gasteiger partial charge in [-0.25, -0.2) is 0 Å². The van der Waals surface area contributed by atoms with Crippen molar-refractivity contribution >= 4 is 11.6 Å². The van der Waals surface area contributed by atoms with Gasteiger partial charge in [0.05, 0.1) is 11.6 Å². The third kappa shape index (κ3) is 2.81. The number of hydroxylamine groups is 2. The van der Waals surface area contributed by atoms with Gasteiger partial charge in [0.15, 0.2) is 0 Å². The second kappa shape index (κ2) is 6.16. The minimum atomic E-state index is -0.162. The Kier molecular flexibility index (Phi) is 4.07. The van der Waals surface area contributed by atoms with Crippen LogP contribution in [0, 0.1) is 12.8 Å². The van der Waals surface area contributed by atoms with E-state index in [1.165, 1.54) is 5.06 Å². The molecule has 0 aromatic heterocycles. The Labute approximate surface area is 130 Å². The summed E-state index contributed by atoms with van der Waals surface area (Å²) in [6, 6.07) is 17.9. The first-order valence-electron chi connectivity index (χ1n) is 7.45. The summed E-state index contributed by atoms with van der Waals surface area (Å²) in [5.41, 5.74) is 4.04. The first-order valence-corrected chi connectivity index (χ1v) is 7.45. The Bertz CT molecular complexity index is 706. The number of rotatable bonds is 4. The van der Waals surface area contributed by atoms with Gasteiger partial charge in [-0.05, 0) is 31.1 Å². The highest BCUT2D eigenvalue weighted by Crippen LogP contribution is 2.32. The van der Waals surface area contributed by atoms with Crippen LogP contribution in [0.4, 0.5) is 0 Å². The van der Waals surface area contributed by atoms with E-state index >= 15 is 0 Å². The summed E-state index contributed by atoms with van der Waals surface area (Å²) in [6.07, 6.45) is 1.97. The van der Waals surface area contributed by atoms with Gasteiger partial charge in [-0.2, -0.15) is 5.06 Å². The van der Waals surface area contributed by atoms with E-state index in [0.717, 1.165) is 22.4 Å². The maximum Gasteiger partial charge on any atom is 0.257 e. The minimum Gasteiger partial charge on any atom is -0.271 e. The van der Waals surface area contributed by atoms with Gasteiger partial charge in [0.1, 0.15) is 6.61 Å². The summed E-state index contributed by atoms with van der Waals surface area (Å²) in [5, 5.41) is 1.44. The van der Waals surface area contributed by atoms with Crippen LogP contribution in [0.1, 0.15) is 23.6 Å². The van der Waals surface area contributed by atoms with Crippen molar-refractivity contribution in [2.24, 2.45) is 5.92 Å². The summed E-state index contributed by atoms with van der Waals surface area (Å²) in [7, 11) is 0. The minimum absolute atomic E-state index is 0.0193. The topological polar surface area (TPSA) is 29.5 Å². The van der Waals surface area contributed by atoms with Crippen molar-refractivity contribution < 1.29 is 9.63 Å². The molecule has 3 rings (SSSR count). The number of amides is 1. The lowest BCUT2D eigenvalue weighted by molar-refractivity contribution is -0.169. The average Bonchev–Trinajstić information content (AvgIpc) is 2.82. The highest BCUT2D eigenvalue weighted by Gasteiger charge is 2.32. The van der Waals surface area contributed by atoms with Crippen LogP contribution in [0.25, 0.3) is 5.70 Å². The smallest absolute Gasteiger partial charge is 0.257 e. The average molecular weight is 293 g/mol. The zero-order chi connectivity index (χ0) is 15.5. The maximum absolute atomic E-state index is 12.4. The lowest BCUT2D eigenvalue weighted by atomic mass is 10.1. The molecule has 2 aromatic rings. The Morgan fingerprint density at radius 3 is 2.45 bits per heavy atom. The second-order valence-corrected chi connectivity index (χ2v) is 5.55. The molecule has 3 heteroatoms. The third-order valence-corrected chi connectivity index (χ3v) is 3.84. The number of carbonyl (C=O) groups is 1. The predicted molar refractivity (Wildman–Crippen MR) is 86.4 cm³/mol. The molecule has 22 heavy (non-hydrogen) atoms. The number of hydrogen-bond acceptors (Lipinski definition) is 2. The summed E-state index contributed by atoms with van der Waals surface area (Å²) in [6.45, 7) is 4.31. The Balaban J connectivity index is 1.84. The number of nitrogens with zero attached hydrogens (tertiary/aromatic N) is 1. The molecule has 0 saturated carbocycles. The Morgan fingerprint density at radius 2 is 1.73 bits per heavy atom. The van der Waals surface area contributed by atoms with Gasteiger partial charge in [0.25, 0.3) is 5.91 Å². The molecule has 1 aliphatic heterocycles. The van der Waals surface area contributed by atoms with Crippen LogP contribution in [-0.4, -0.2) is 11.0 Å². The van der Waals surface area contributed by atoms with Gasteiger partial charge < -0.3 is 0 Å². The Hall–Kier alpha value is -2.39. The molecule has 1 amide bonds. The van der Waals surface area contributed by atoms with E-state index in [-0.39, 0.29) is 11.8 Å². The zero-order valence-electron chi connectivity index (χ0n) is 12.8. The standard InChI is InChI=1S/C19H19NO2/c1-14-8-6-7-11-17(14)18-12-15(2)19(21)20(18)22-13-16-9-4-3-5-10-16/h3-12,15H,13H2,1-2H3. The molecule has 1 heterocycles. The highest BCUT2D eigenvalue weighted by atomic mass is 16.7. The lowest BCUT2D eigenvalue weighted by Gasteiger charge is -2.21. The summed E-state index contributed by atoms with van der Waals surface area (Å²) in [5.74, 6) is -0.181. The van der Waals surface area contributed by atoms with Crippen LogP contribution in [0.5, 0.6) is 0 Å². The van der Waals surface area contributed by atoms with Gasteiger partial charge in [0, 0.05) is 5.56 Å². The number of carbonyl (C=O) groups excluding carboxylic acids is 1. The summed E-state index contributed by atoms with van der Waals surface area (Å²) >= 11 is 0. The number of benzene rings is 2. The number of aryl methyl sites for hydroxylation is 1. The van der Waals surface area contributed by atoms with Gasteiger partial charge in [-0.15, -0.1) is 0 Å². The molecular formula is C19H19NO2. The fourth-order valence-corrected chi connectivity index (χ4v) is 2.59. The first kappa shape index (κ1) is 14.5. The van der Waals surface area contributed by atoms with Gasteiger partial charge in [0.2, 0.25) is 0 Å². The van der Waals surface area contributed by atoms with E-state index in [9.17, 15) is 4.79 Å². The highest BCUT2D eigenvalue weighted by molar-refractivity contribution is 5.94. The van der Waals surface area contributed by atoms with Crippen LogP contribution in [-0.2, 0) is 16.2 Å². The third-order valence-electron chi connectivity index (χ3n) is 3.84. The van der Waals surface area contributed by atoms with Crippen LogP contribution in [0.3, 0.4) is 0 Å². The largest absolute Gasteiger partial charge is 0.271 e. The van der Waals surface area contributed by atoms with Crippen molar-refractivity contribution in [3.8, 4) is 0 Å². The summed E-state index contributed by atoms with van der Waals surface area (Å²) < 4.78 is 0. The molecule has 0 N–H and O–H groups in total. The molecule has 0 saturated heterocycles. The Morgan fingerprint density at radius 1 is 1.05 bits per heavy atom. The van der Waals surface area contributed by atoms with E-state index in [1.54, 1.807) is 0 Å². The van der Waals surface area contributed by atoms with Crippen molar-refractivity contribution in [2.45, 2.75) is 20.5 Å². The van der Waals surface area contributed by atoms with Crippen LogP contribution >= 0.6 is 0 Å². The fourth-order valence-electron chi connectivity index (χ4n) is 2.59. The quantitative estimate of drug-likeness (QED) is 0.854. The van der Waals surface area contributed by atoms with Crippen LogP contribution in [0.15, 0.2) is 60.7 Å². The lowest BCUT2D eigenvalue weighted by Crippen LogP contribution is -2.27. The number of hydrogen-bond donors (Lipinski definition) is 0. The molecule has 0 aliphatic carbocycles. The molecule has 3 nitrogen and oxygen atoms in total. The van der Waals surface area contributed by atoms with E-state index in [0.29, 0.717) is 6.61 Å². The molecule has 2 aromatic carbocycles. The molecule has 0 radical (unpaired) electrons. The van der Waals surface area contributed by atoms with Crippen molar-refractivity contribution in [1.82, 2.24) is 5.06 Å². The van der Waals surface area contributed by atoms with Crippen LogP contribution < -0.4 is 0 Å². The second-order valence-electron chi connectivity index (χ2n) is 5.55. The van der Waals surface area contributed by atoms with E-state index in [1.807, 2.05) is 74.5 Å². The predicted octanol–water partition coefficient (Wildman–Crippen LogP) is 3.95. The van der Waals surface area contributed by atoms with E-state index in [4.69, 9.17) is 4.84 Å². The molecule has 0 spiro atoms. The molecule has 1 atom stereocenters. The SMILES string of the molecule is Cc1ccccc1C1=CC(C)C(=O)N1OCc1ccccc1. The van der Waals surface area contributed by atoms with Gasteiger partial charge in [-0.3, -0.25) is 9.63 Å². The van der Waals surface area contributed by atoms with Crippen molar-refractivity contribution in [3.63, 3.8) is 0 Å². The van der Waals surface area contributed by atoms with Crippen molar-refractivity contribution in [3.05, 3.63) is 77.4 Å². The molecule has 1 aliphatic rings. The van der Waals surface area contributed by atoms with Crippen LogP contribution in [0.2, 0.25) is 0 Å². The normalized spacial score (nSPS) is 17.7. The fraction of sp³-hybridized carbons (Fsp3) is 0.211. The molecule has 1 unspecified atom stereocenters. The van der Waals surface area contributed by atoms with Crippen molar-refractivity contribution in [2.75, 3.05) is 0 Å². The zero-order valence-corrected chi connectivity index (χ0v) is 12.8. The first-order chi connectivity index (χ1) is 10.7. The molecule has 0 bridgehead atoms. The van der Waals surface area contributed by atoms with Crippen molar-refractivity contribution in [1.29, 1.82) is 0 Å². The monoisotopic (exact) mass is 293 g/mol. The molecule has 0 fully saturated rings. The van der Waals surface area contributed by atoms with Gasteiger partial charge >= 0.3 is 0 Å².